The molecule has 0 heteroatoms. The summed E-state index contributed by atoms with van der Waals surface area (Å²) in [6, 6.07) is 49.6. The highest BCUT2D eigenvalue weighted by Crippen LogP contribution is 2.47. The van der Waals surface area contributed by atoms with Gasteiger partial charge in [-0.25, -0.2) is 0 Å². The molecule has 0 saturated heterocycles. The Kier molecular flexibility index (Phi) is 5.12. The third-order valence-corrected chi connectivity index (χ3v) is 9.26. The van der Waals surface area contributed by atoms with Crippen molar-refractivity contribution in [2.24, 2.45) is 0 Å². The van der Waals surface area contributed by atoms with Crippen LogP contribution in [0, 0.1) is 0 Å². The fourth-order valence-corrected chi connectivity index (χ4v) is 7.35. The van der Waals surface area contributed by atoms with Gasteiger partial charge in [-0.2, -0.15) is 0 Å². The Morgan fingerprint density at radius 2 is 1.07 bits per heavy atom. The minimum absolute atomic E-state index is 1.04. The Balaban J connectivity index is 1.38. The van der Waals surface area contributed by atoms with Crippen LogP contribution in [0.15, 0.2) is 140 Å². The van der Waals surface area contributed by atoms with Crippen LogP contribution >= 0.6 is 0 Å². The minimum atomic E-state index is 1.04. The van der Waals surface area contributed by atoms with Crippen molar-refractivity contribution < 1.29 is 0 Å². The van der Waals surface area contributed by atoms with Gasteiger partial charge in [0.25, 0.3) is 0 Å². The molecule has 0 heterocycles. The summed E-state index contributed by atoms with van der Waals surface area (Å²) in [6.07, 6.45) is 6.84. The van der Waals surface area contributed by atoms with E-state index in [4.69, 9.17) is 0 Å². The molecule has 8 aromatic rings. The van der Waals surface area contributed by atoms with Crippen molar-refractivity contribution in [2.75, 3.05) is 0 Å². The molecule has 9 rings (SSSR count). The van der Waals surface area contributed by atoms with Gasteiger partial charge in [0.2, 0.25) is 0 Å². The molecule has 42 heavy (non-hydrogen) atoms. The second-order valence-electron chi connectivity index (χ2n) is 11.6. The summed E-state index contributed by atoms with van der Waals surface area (Å²) in [5, 5.41) is 13.0. The molecular weight excluding hydrogens is 504 g/mol. The highest BCUT2D eigenvalue weighted by atomic mass is 14.3. The lowest BCUT2D eigenvalue weighted by atomic mass is 9.79. The quantitative estimate of drug-likeness (QED) is 0.153. The maximum absolute atomic E-state index is 2.38. The van der Waals surface area contributed by atoms with Crippen LogP contribution in [-0.2, 0) is 6.42 Å². The van der Waals surface area contributed by atoms with Gasteiger partial charge >= 0.3 is 0 Å². The molecular formula is C42H28. The van der Waals surface area contributed by atoms with Crippen LogP contribution < -0.4 is 0 Å². The summed E-state index contributed by atoms with van der Waals surface area (Å²) in [4.78, 5) is 0. The number of fused-ring (bicyclic) bond motifs is 7. The van der Waals surface area contributed by atoms with Crippen LogP contribution in [0.2, 0.25) is 0 Å². The third-order valence-electron chi connectivity index (χ3n) is 9.26. The van der Waals surface area contributed by atoms with Crippen LogP contribution in [0.3, 0.4) is 0 Å². The van der Waals surface area contributed by atoms with Gasteiger partial charge in [0, 0.05) is 0 Å². The van der Waals surface area contributed by atoms with Crippen LogP contribution in [0.5, 0.6) is 0 Å². The van der Waals surface area contributed by atoms with Gasteiger partial charge in [0.1, 0.15) is 0 Å². The summed E-state index contributed by atoms with van der Waals surface area (Å²) in [5.41, 5.74) is 8.19. The molecule has 196 valence electrons. The van der Waals surface area contributed by atoms with E-state index in [1.807, 2.05) is 0 Å². The second kappa shape index (κ2) is 9.16. The Bertz CT molecular complexity index is 2400. The topological polar surface area (TPSA) is 0 Å². The van der Waals surface area contributed by atoms with E-state index in [0.29, 0.717) is 0 Å². The first-order chi connectivity index (χ1) is 20.8. The molecule has 1 aliphatic carbocycles. The Morgan fingerprint density at radius 1 is 0.405 bits per heavy atom. The molecule has 0 unspecified atom stereocenters. The van der Waals surface area contributed by atoms with Gasteiger partial charge in [0.05, 0.1) is 0 Å². The molecule has 0 fully saturated rings. The lowest BCUT2D eigenvalue weighted by Crippen LogP contribution is -2.03. The van der Waals surface area contributed by atoms with Crippen LogP contribution in [0.25, 0.3) is 82.2 Å². The van der Waals surface area contributed by atoms with E-state index in [-0.39, 0.29) is 0 Å². The van der Waals surface area contributed by atoms with Crippen molar-refractivity contribution in [2.45, 2.75) is 12.8 Å². The molecule has 0 aromatic heterocycles. The van der Waals surface area contributed by atoms with Gasteiger partial charge in [-0.05, 0) is 118 Å². The predicted molar refractivity (Wildman–Crippen MR) is 182 cm³/mol. The molecule has 0 N–H and O–H groups in total. The highest BCUT2D eigenvalue weighted by molar-refractivity contribution is 6.19. The number of hydrogen-bond donors (Lipinski definition) is 0. The van der Waals surface area contributed by atoms with E-state index < -0.39 is 0 Å². The maximum atomic E-state index is 2.38. The van der Waals surface area contributed by atoms with Crippen molar-refractivity contribution in [3.8, 4) is 22.3 Å². The zero-order valence-corrected chi connectivity index (χ0v) is 23.3. The second-order valence-corrected chi connectivity index (χ2v) is 11.6. The summed E-state index contributed by atoms with van der Waals surface area (Å²) >= 11 is 0. The Morgan fingerprint density at radius 3 is 1.90 bits per heavy atom. The van der Waals surface area contributed by atoms with E-state index in [2.05, 4.69) is 146 Å². The van der Waals surface area contributed by atoms with Crippen molar-refractivity contribution in [3.05, 3.63) is 151 Å². The fourth-order valence-electron chi connectivity index (χ4n) is 7.35. The van der Waals surface area contributed by atoms with Crippen LogP contribution in [-0.4, -0.2) is 0 Å². The number of benzene rings is 8. The van der Waals surface area contributed by atoms with E-state index >= 15 is 0 Å². The normalized spacial score (nSPS) is 13.0. The van der Waals surface area contributed by atoms with Gasteiger partial charge in [-0.3, -0.25) is 0 Å². The molecule has 0 saturated carbocycles. The van der Waals surface area contributed by atoms with Crippen molar-refractivity contribution in [1.29, 1.82) is 0 Å². The standard InChI is InChI=1S/C42H28/c1-2-11-28-25-32(21-20-27(28)10-1)41-36-14-5-7-16-38(36)42(39-17-8-6-15-37(39)41)35-19-9-18-33-34(35)23-22-31-24-29-12-3-4-13-30(29)26-40(31)33/h1-7,9-16,18-26H,8,17H2. The summed E-state index contributed by atoms with van der Waals surface area (Å²) in [7, 11) is 0. The van der Waals surface area contributed by atoms with E-state index in [1.165, 1.54) is 87.2 Å². The predicted octanol–water partition coefficient (Wildman–Crippen LogP) is 11.7. The van der Waals surface area contributed by atoms with E-state index in [0.717, 1.165) is 12.8 Å². The monoisotopic (exact) mass is 532 g/mol. The minimum Gasteiger partial charge on any atom is -0.0836 e. The SMILES string of the molecule is C1=Cc2c(c(-c3cccc4c3ccc3cc5ccccc5cc34)c3ccccc3c2-c2ccc3ccccc3c2)CC1. The average Bonchev–Trinajstić information content (AvgIpc) is 3.05. The number of rotatable bonds is 2. The lowest BCUT2D eigenvalue weighted by Gasteiger charge is -2.24. The zero-order chi connectivity index (χ0) is 27.6. The zero-order valence-electron chi connectivity index (χ0n) is 23.3. The average molecular weight is 533 g/mol. The van der Waals surface area contributed by atoms with Gasteiger partial charge < -0.3 is 0 Å². The number of hydrogen-bond acceptors (Lipinski definition) is 0. The molecule has 0 amide bonds. The Hall–Kier alpha value is -5.20. The molecule has 8 aromatic carbocycles. The summed E-state index contributed by atoms with van der Waals surface area (Å²) in [6.45, 7) is 0. The molecule has 0 radical (unpaired) electrons. The molecule has 0 aliphatic heterocycles. The highest BCUT2D eigenvalue weighted by Gasteiger charge is 2.22. The van der Waals surface area contributed by atoms with Crippen molar-refractivity contribution in [1.82, 2.24) is 0 Å². The maximum Gasteiger partial charge on any atom is -0.00295 e. The molecule has 0 spiro atoms. The third kappa shape index (κ3) is 3.49. The smallest absolute Gasteiger partial charge is 0.00295 e. The van der Waals surface area contributed by atoms with Crippen LogP contribution in [0.1, 0.15) is 17.5 Å². The van der Waals surface area contributed by atoms with Crippen molar-refractivity contribution in [3.63, 3.8) is 0 Å². The molecule has 0 bridgehead atoms. The fraction of sp³-hybridized carbons (Fsp3) is 0.0476. The molecule has 0 nitrogen and oxygen atoms in total. The first kappa shape index (κ1) is 23.5. The molecule has 0 atom stereocenters. The largest absolute Gasteiger partial charge is 0.0836 e. The lowest BCUT2D eigenvalue weighted by molar-refractivity contribution is 0.992. The van der Waals surface area contributed by atoms with Gasteiger partial charge in [-0.1, -0.05) is 127 Å². The van der Waals surface area contributed by atoms with E-state index in [9.17, 15) is 0 Å². The van der Waals surface area contributed by atoms with Crippen LogP contribution in [0.4, 0.5) is 0 Å². The first-order valence-electron chi connectivity index (χ1n) is 14.9. The first-order valence-corrected chi connectivity index (χ1v) is 14.9. The molecule has 1 aliphatic rings. The van der Waals surface area contributed by atoms with E-state index in [1.54, 1.807) is 0 Å². The Labute approximate surface area is 245 Å². The summed E-state index contributed by atoms with van der Waals surface area (Å²) < 4.78 is 0. The van der Waals surface area contributed by atoms with Crippen molar-refractivity contribution >= 4 is 59.9 Å². The van der Waals surface area contributed by atoms with Gasteiger partial charge in [-0.15, -0.1) is 0 Å². The van der Waals surface area contributed by atoms with Gasteiger partial charge in [0.15, 0.2) is 0 Å². The summed E-state index contributed by atoms with van der Waals surface area (Å²) in [5.74, 6) is 0. The number of allylic oxidation sites excluding steroid dienone is 1.